The molecule has 1 aromatic heterocycles. The molecular weight excluding hydrogens is 408 g/mol. The maximum atomic E-state index is 12.8. The van der Waals surface area contributed by atoms with Crippen molar-refractivity contribution in [2.24, 2.45) is 11.8 Å². The van der Waals surface area contributed by atoms with Crippen molar-refractivity contribution in [1.29, 1.82) is 5.26 Å². The fourth-order valence-electron chi connectivity index (χ4n) is 3.91. The van der Waals surface area contributed by atoms with Crippen molar-refractivity contribution in [3.8, 4) is 6.07 Å². The Balaban J connectivity index is 1.62. The van der Waals surface area contributed by atoms with E-state index < -0.39 is 30.3 Å². The van der Waals surface area contributed by atoms with Crippen molar-refractivity contribution in [3.63, 3.8) is 0 Å². The highest BCUT2D eigenvalue weighted by Gasteiger charge is 2.39. The van der Waals surface area contributed by atoms with Crippen molar-refractivity contribution in [2.45, 2.75) is 70.0 Å². The summed E-state index contributed by atoms with van der Waals surface area (Å²) in [5, 5.41) is 17.6. The lowest BCUT2D eigenvalue weighted by atomic mass is 9.92. The smallest absolute Gasteiger partial charge is 0.278 e. The van der Waals surface area contributed by atoms with Crippen molar-refractivity contribution in [2.75, 3.05) is 0 Å². The Morgan fingerprint density at radius 2 is 1.97 bits per heavy atom. The van der Waals surface area contributed by atoms with Gasteiger partial charge >= 0.3 is 0 Å². The molecule has 1 aliphatic heterocycles. The molecule has 3 rings (SSSR count). The molecule has 1 aliphatic carbocycles. The third-order valence-corrected chi connectivity index (χ3v) is 5.66. The summed E-state index contributed by atoms with van der Waals surface area (Å²) in [4.78, 5) is 39.8. The van der Waals surface area contributed by atoms with E-state index in [1.807, 2.05) is 19.9 Å². The number of nitrogens with one attached hydrogen (secondary N) is 4. The summed E-state index contributed by atoms with van der Waals surface area (Å²) in [6.45, 7) is 3.79. The highest BCUT2D eigenvalue weighted by Crippen LogP contribution is 2.34. The summed E-state index contributed by atoms with van der Waals surface area (Å²) in [5.74, 6) is -1.44. The average Bonchev–Trinajstić information content (AvgIpc) is 3.27. The number of H-pyrrole nitrogens is 1. The number of nitriles is 1. The summed E-state index contributed by atoms with van der Waals surface area (Å²) in [5.41, 5.74) is -0.803. The molecule has 2 fully saturated rings. The molecule has 8 nitrogen and oxygen atoms in total. The van der Waals surface area contributed by atoms with Crippen molar-refractivity contribution >= 4 is 17.7 Å². The van der Waals surface area contributed by atoms with Crippen LogP contribution in [0.25, 0.3) is 0 Å². The fourth-order valence-corrected chi connectivity index (χ4v) is 3.91. The molecule has 168 valence electrons. The van der Waals surface area contributed by atoms with E-state index in [2.05, 4.69) is 20.9 Å². The quantitative estimate of drug-likeness (QED) is 0.474. The molecule has 1 saturated carbocycles. The Labute approximate surface area is 179 Å². The van der Waals surface area contributed by atoms with Gasteiger partial charge in [-0.1, -0.05) is 12.8 Å². The van der Waals surface area contributed by atoms with Crippen molar-refractivity contribution in [1.82, 2.24) is 20.9 Å². The maximum absolute atomic E-state index is 12.8. The summed E-state index contributed by atoms with van der Waals surface area (Å²) < 4.78 is 25.5. The number of amides is 3. The van der Waals surface area contributed by atoms with Crippen LogP contribution in [0, 0.1) is 23.2 Å². The average molecular weight is 435 g/mol. The van der Waals surface area contributed by atoms with Gasteiger partial charge in [0.1, 0.15) is 17.8 Å². The van der Waals surface area contributed by atoms with Crippen LogP contribution < -0.4 is 16.0 Å². The molecule has 4 N–H and O–H groups in total. The number of nitrogens with zero attached hydrogens (tertiary/aromatic N) is 1. The van der Waals surface area contributed by atoms with Crippen LogP contribution in [0.2, 0.25) is 0 Å². The lowest BCUT2D eigenvalue weighted by molar-refractivity contribution is -0.125. The van der Waals surface area contributed by atoms with Crippen LogP contribution in [-0.2, 0) is 9.59 Å². The van der Waals surface area contributed by atoms with Gasteiger partial charge in [0.25, 0.3) is 12.3 Å². The summed E-state index contributed by atoms with van der Waals surface area (Å²) in [6.07, 6.45) is 0.279. The first-order valence-electron chi connectivity index (χ1n) is 10.4. The maximum Gasteiger partial charge on any atom is 0.278 e. The van der Waals surface area contributed by atoms with Crippen LogP contribution in [-0.4, -0.2) is 40.3 Å². The first-order valence-corrected chi connectivity index (χ1v) is 10.4. The van der Waals surface area contributed by atoms with Gasteiger partial charge in [-0.2, -0.15) is 5.26 Å². The molecule has 1 aromatic rings. The molecule has 2 heterocycles. The number of carbonyl (C=O) groups is 3. The summed E-state index contributed by atoms with van der Waals surface area (Å²) in [6, 6.07) is 2.59. The zero-order chi connectivity index (χ0) is 22.8. The Kier molecular flexibility index (Phi) is 6.62. The molecular formula is C21H27F2N5O3. The number of rotatable bonds is 9. The highest BCUT2D eigenvalue weighted by atomic mass is 19.3. The van der Waals surface area contributed by atoms with Crippen LogP contribution >= 0.6 is 0 Å². The van der Waals surface area contributed by atoms with Gasteiger partial charge < -0.3 is 20.9 Å². The fraction of sp³-hybridized carbons (Fsp3) is 0.619. The standard InChI is InChI=1S/C21H27F2N5O3/c1-21(2)9-12(18(29)28-21)8-13(10-24)25-20(31)16(7-11-3-4-11)27-19(30)15-6-5-14(26-15)17(22)23/h5-6,11-13,16-17,26H,3-4,7-9H2,1-2H3,(H,25,31)(H,27,30)(H,28,29)/t12-,13+,16+/m1/s1. The number of halogens is 2. The van der Waals surface area contributed by atoms with Gasteiger partial charge in [-0.15, -0.1) is 0 Å². The molecule has 3 amide bonds. The van der Waals surface area contributed by atoms with Crippen molar-refractivity contribution in [3.05, 3.63) is 23.5 Å². The van der Waals surface area contributed by atoms with E-state index in [4.69, 9.17) is 0 Å². The number of aromatic amines is 1. The van der Waals surface area contributed by atoms with Gasteiger partial charge in [0.05, 0.1) is 11.8 Å². The molecule has 31 heavy (non-hydrogen) atoms. The molecule has 3 atom stereocenters. The first-order chi connectivity index (χ1) is 14.6. The van der Waals surface area contributed by atoms with E-state index in [9.17, 15) is 28.4 Å². The molecule has 2 aliphatic rings. The number of carbonyl (C=O) groups excluding carboxylic acids is 3. The lowest BCUT2D eigenvalue weighted by Crippen LogP contribution is -2.50. The predicted molar refractivity (Wildman–Crippen MR) is 107 cm³/mol. The summed E-state index contributed by atoms with van der Waals surface area (Å²) >= 11 is 0. The Morgan fingerprint density at radius 3 is 2.48 bits per heavy atom. The number of aromatic nitrogens is 1. The van der Waals surface area contributed by atoms with Crippen LogP contribution in [0.5, 0.6) is 0 Å². The second kappa shape index (κ2) is 9.04. The SMILES string of the molecule is CC1(C)C[C@@H](C[C@@H](C#N)NC(=O)[C@H](CC2CC2)NC(=O)c2ccc(C(F)F)[nH]2)C(=O)N1. The topological polar surface area (TPSA) is 127 Å². The van der Waals surface area contributed by atoms with E-state index in [0.717, 1.165) is 18.9 Å². The number of hydrogen-bond donors (Lipinski definition) is 4. The summed E-state index contributed by atoms with van der Waals surface area (Å²) in [7, 11) is 0. The van der Waals surface area contributed by atoms with Crippen molar-refractivity contribution < 1.29 is 23.2 Å². The number of hydrogen-bond acceptors (Lipinski definition) is 4. The molecule has 1 saturated heterocycles. The largest absolute Gasteiger partial charge is 0.351 e. The predicted octanol–water partition coefficient (Wildman–Crippen LogP) is 2.16. The minimum atomic E-state index is -2.73. The molecule has 0 radical (unpaired) electrons. The minimum absolute atomic E-state index is 0.0643. The van der Waals surface area contributed by atoms with Crippen LogP contribution in [0.15, 0.2) is 12.1 Å². The molecule has 0 spiro atoms. The zero-order valence-corrected chi connectivity index (χ0v) is 17.5. The molecule has 0 aromatic carbocycles. The molecule has 10 heteroatoms. The Hall–Kier alpha value is -2.96. The van der Waals surface area contributed by atoms with Gasteiger partial charge in [0, 0.05) is 11.5 Å². The van der Waals surface area contributed by atoms with E-state index >= 15 is 0 Å². The van der Waals surface area contributed by atoms with Gasteiger partial charge in [-0.3, -0.25) is 14.4 Å². The van der Waals surface area contributed by atoms with Crippen LogP contribution in [0.3, 0.4) is 0 Å². The van der Waals surface area contributed by atoms with Crippen LogP contribution in [0.4, 0.5) is 8.78 Å². The van der Waals surface area contributed by atoms with E-state index in [0.29, 0.717) is 18.8 Å². The molecule has 0 bridgehead atoms. The third kappa shape index (κ3) is 6.03. The van der Waals surface area contributed by atoms with E-state index in [-0.39, 0.29) is 35.2 Å². The Bertz CT molecular complexity index is 888. The van der Waals surface area contributed by atoms with E-state index in [1.54, 1.807) is 0 Å². The monoisotopic (exact) mass is 435 g/mol. The highest BCUT2D eigenvalue weighted by molar-refractivity contribution is 5.96. The van der Waals surface area contributed by atoms with E-state index in [1.165, 1.54) is 6.07 Å². The zero-order valence-electron chi connectivity index (χ0n) is 17.5. The van der Waals surface area contributed by atoms with Gasteiger partial charge in [-0.25, -0.2) is 8.78 Å². The second-order valence-corrected chi connectivity index (χ2v) is 9.03. The lowest BCUT2D eigenvalue weighted by Gasteiger charge is -2.21. The second-order valence-electron chi connectivity index (χ2n) is 9.03. The Morgan fingerprint density at radius 1 is 1.26 bits per heavy atom. The van der Waals surface area contributed by atoms with Gasteiger partial charge in [0.15, 0.2) is 0 Å². The number of alkyl halides is 2. The third-order valence-electron chi connectivity index (χ3n) is 5.66. The van der Waals surface area contributed by atoms with Gasteiger partial charge in [0.2, 0.25) is 11.8 Å². The minimum Gasteiger partial charge on any atom is -0.351 e. The normalized spacial score (nSPS) is 21.8. The van der Waals surface area contributed by atoms with Crippen LogP contribution in [0.1, 0.15) is 68.6 Å². The molecule has 0 unspecified atom stereocenters. The van der Waals surface area contributed by atoms with Gasteiger partial charge in [-0.05, 0) is 51.2 Å². The first kappa shape index (κ1) is 22.7.